The Morgan fingerprint density at radius 3 is 2.37 bits per heavy atom. The predicted octanol–water partition coefficient (Wildman–Crippen LogP) is 5.19. The molecule has 0 N–H and O–H groups in total. The van der Waals surface area contributed by atoms with Gasteiger partial charge in [-0.15, -0.1) is 11.8 Å². The SMILES string of the molecule is CCN(Cc1ccccc1)S(=O)(=O)c1ccc(C(=O)N2CCN(c3nc4ccc(SC)cc4s3)CC2)cc1. The summed E-state index contributed by atoms with van der Waals surface area (Å²) in [4.78, 5) is 23.4. The van der Waals surface area contributed by atoms with E-state index in [4.69, 9.17) is 4.98 Å². The number of hydrogen-bond donors (Lipinski definition) is 0. The summed E-state index contributed by atoms with van der Waals surface area (Å²) in [6, 6.07) is 22.2. The van der Waals surface area contributed by atoms with E-state index in [1.54, 1.807) is 35.2 Å². The fraction of sp³-hybridized carbons (Fsp3) is 0.286. The molecular formula is C28H30N4O3S3. The summed E-state index contributed by atoms with van der Waals surface area (Å²) in [5.74, 6) is -0.0841. The maximum Gasteiger partial charge on any atom is 0.253 e. The van der Waals surface area contributed by atoms with Gasteiger partial charge in [-0.3, -0.25) is 4.79 Å². The molecule has 10 heteroatoms. The zero-order valence-electron chi connectivity index (χ0n) is 21.4. The maximum atomic E-state index is 13.2. The van der Waals surface area contributed by atoms with Crippen LogP contribution in [0.5, 0.6) is 0 Å². The Bertz CT molecular complexity index is 1510. The molecule has 38 heavy (non-hydrogen) atoms. The number of amides is 1. The van der Waals surface area contributed by atoms with Crippen molar-refractivity contribution in [3.8, 4) is 0 Å². The number of piperazine rings is 1. The zero-order valence-corrected chi connectivity index (χ0v) is 23.9. The minimum Gasteiger partial charge on any atom is -0.345 e. The monoisotopic (exact) mass is 566 g/mol. The van der Waals surface area contributed by atoms with Crippen LogP contribution in [0, 0.1) is 0 Å². The topological polar surface area (TPSA) is 73.8 Å². The largest absolute Gasteiger partial charge is 0.345 e. The number of sulfonamides is 1. The fourth-order valence-corrected chi connectivity index (χ4v) is 7.52. The number of carbonyl (C=O) groups is 1. The van der Waals surface area contributed by atoms with Gasteiger partial charge in [0.1, 0.15) is 0 Å². The van der Waals surface area contributed by atoms with E-state index in [1.165, 1.54) is 26.0 Å². The van der Waals surface area contributed by atoms with Crippen LogP contribution >= 0.6 is 23.1 Å². The van der Waals surface area contributed by atoms with Crippen LogP contribution in [0.2, 0.25) is 0 Å². The molecule has 1 aliphatic heterocycles. The Morgan fingerprint density at radius 1 is 1.00 bits per heavy atom. The lowest BCUT2D eigenvalue weighted by Gasteiger charge is -2.34. The second kappa shape index (κ2) is 11.4. The van der Waals surface area contributed by atoms with Crippen LogP contribution in [0.15, 0.2) is 82.6 Å². The highest BCUT2D eigenvalue weighted by Crippen LogP contribution is 2.32. The Kier molecular flexibility index (Phi) is 8.04. The average molecular weight is 567 g/mol. The number of anilines is 1. The van der Waals surface area contributed by atoms with Gasteiger partial charge >= 0.3 is 0 Å². The molecule has 0 spiro atoms. The van der Waals surface area contributed by atoms with Crippen molar-refractivity contribution in [3.63, 3.8) is 0 Å². The predicted molar refractivity (Wildman–Crippen MR) is 156 cm³/mol. The van der Waals surface area contributed by atoms with E-state index in [0.29, 0.717) is 44.8 Å². The molecule has 7 nitrogen and oxygen atoms in total. The van der Waals surface area contributed by atoms with E-state index in [0.717, 1.165) is 16.2 Å². The Balaban J connectivity index is 1.23. The van der Waals surface area contributed by atoms with E-state index in [1.807, 2.05) is 42.2 Å². The molecule has 3 aromatic carbocycles. The highest BCUT2D eigenvalue weighted by molar-refractivity contribution is 7.98. The van der Waals surface area contributed by atoms with E-state index in [9.17, 15) is 13.2 Å². The molecular weight excluding hydrogens is 537 g/mol. The molecule has 0 atom stereocenters. The number of hydrogen-bond acceptors (Lipinski definition) is 7. The van der Waals surface area contributed by atoms with Gasteiger partial charge in [-0.25, -0.2) is 13.4 Å². The second-order valence-corrected chi connectivity index (χ2v) is 12.9. The summed E-state index contributed by atoms with van der Waals surface area (Å²) in [5, 5.41) is 0.982. The van der Waals surface area contributed by atoms with Crippen LogP contribution in [0.25, 0.3) is 10.2 Å². The molecule has 1 aromatic heterocycles. The third-order valence-electron chi connectivity index (χ3n) is 6.72. The third-order valence-corrected chi connectivity index (χ3v) is 10.5. The van der Waals surface area contributed by atoms with E-state index in [2.05, 4.69) is 29.4 Å². The molecule has 1 saturated heterocycles. The Hall–Kier alpha value is -2.92. The number of nitrogens with zero attached hydrogens (tertiary/aromatic N) is 4. The molecule has 1 amide bonds. The van der Waals surface area contributed by atoms with Crippen molar-refractivity contribution >= 4 is 54.4 Å². The Labute approximate surface area is 232 Å². The summed E-state index contributed by atoms with van der Waals surface area (Å²) >= 11 is 3.40. The van der Waals surface area contributed by atoms with Gasteiger partial charge in [-0.1, -0.05) is 48.6 Å². The van der Waals surface area contributed by atoms with Gasteiger partial charge in [0, 0.05) is 49.7 Å². The summed E-state index contributed by atoms with van der Waals surface area (Å²) in [5.41, 5.74) is 2.43. The molecule has 2 heterocycles. The zero-order chi connectivity index (χ0) is 26.7. The molecule has 5 rings (SSSR count). The molecule has 198 valence electrons. The van der Waals surface area contributed by atoms with Crippen molar-refractivity contribution < 1.29 is 13.2 Å². The summed E-state index contributed by atoms with van der Waals surface area (Å²) in [7, 11) is -3.68. The van der Waals surface area contributed by atoms with Crippen molar-refractivity contribution in [2.24, 2.45) is 0 Å². The lowest BCUT2D eigenvalue weighted by atomic mass is 10.2. The highest BCUT2D eigenvalue weighted by Gasteiger charge is 2.26. The van der Waals surface area contributed by atoms with Gasteiger partial charge in [0.2, 0.25) is 10.0 Å². The van der Waals surface area contributed by atoms with E-state index < -0.39 is 10.0 Å². The van der Waals surface area contributed by atoms with Crippen LogP contribution in [0.1, 0.15) is 22.8 Å². The van der Waals surface area contributed by atoms with Crippen molar-refractivity contribution in [1.82, 2.24) is 14.2 Å². The summed E-state index contributed by atoms with van der Waals surface area (Å²) < 4.78 is 29.1. The van der Waals surface area contributed by atoms with Crippen molar-refractivity contribution in [2.75, 3.05) is 43.9 Å². The molecule has 0 bridgehead atoms. The first kappa shape index (κ1) is 26.7. The fourth-order valence-electron chi connectivity index (χ4n) is 4.51. The van der Waals surface area contributed by atoms with Gasteiger partial charge < -0.3 is 9.80 Å². The normalized spacial score (nSPS) is 14.4. The Morgan fingerprint density at radius 2 is 1.71 bits per heavy atom. The molecule has 0 saturated carbocycles. The minimum absolute atomic E-state index is 0.0841. The van der Waals surface area contributed by atoms with Crippen molar-refractivity contribution in [2.45, 2.75) is 23.3 Å². The minimum atomic E-state index is -3.68. The number of carbonyl (C=O) groups excluding carboxylic acids is 1. The molecule has 0 radical (unpaired) electrons. The lowest BCUT2D eigenvalue weighted by Crippen LogP contribution is -2.48. The van der Waals surface area contributed by atoms with Crippen LogP contribution in [0.3, 0.4) is 0 Å². The molecule has 1 fully saturated rings. The number of aromatic nitrogens is 1. The van der Waals surface area contributed by atoms with Gasteiger partial charge in [0.25, 0.3) is 5.91 Å². The van der Waals surface area contributed by atoms with E-state index in [-0.39, 0.29) is 10.8 Å². The molecule has 1 aliphatic rings. The first-order valence-electron chi connectivity index (χ1n) is 12.5. The molecule has 0 unspecified atom stereocenters. The highest BCUT2D eigenvalue weighted by atomic mass is 32.2. The van der Waals surface area contributed by atoms with E-state index >= 15 is 0 Å². The lowest BCUT2D eigenvalue weighted by molar-refractivity contribution is 0.0746. The van der Waals surface area contributed by atoms with Crippen molar-refractivity contribution in [3.05, 3.63) is 83.9 Å². The number of thiazole rings is 1. The number of benzene rings is 3. The molecule has 0 aliphatic carbocycles. The van der Waals surface area contributed by atoms with Gasteiger partial charge in [0.15, 0.2) is 5.13 Å². The standard InChI is InChI=1S/C28H30N4O3S3/c1-3-32(20-21-7-5-4-6-8-21)38(34,35)24-12-9-22(10-13-24)27(33)30-15-17-31(18-16-30)28-29-25-14-11-23(36-2)19-26(25)37-28/h4-14,19H,3,15-18,20H2,1-2H3. The summed E-state index contributed by atoms with van der Waals surface area (Å²) in [6.45, 7) is 5.08. The first-order valence-corrected chi connectivity index (χ1v) is 16.0. The second-order valence-electron chi connectivity index (χ2n) is 9.05. The van der Waals surface area contributed by atoms with Gasteiger partial charge in [-0.2, -0.15) is 4.31 Å². The number of rotatable bonds is 8. The van der Waals surface area contributed by atoms with Crippen LogP contribution in [0.4, 0.5) is 5.13 Å². The van der Waals surface area contributed by atoms with Crippen LogP contribution < -0.4 is 4.90 Å². The average Bonchev–Trinajstić information content (AvgIpc) is 3.39. The van der Waals surface area contributed by atoms with Crippen molar-refractivity contribution in [1.29, 1.82) is 0 Å². The van der Waals surface area contributed by atoms with Crippen LogP contribution in [-0.4, -0.2) is 67.5 Å². The van der Waals surface area contributed by atoms with Gasteiger partial charge in [0.05, 0.1) is 15.1 Å². The summed E-state index contributed by atoms with van der Waals surface area (Å²) in [6.07, 6.45) is 2.07. The first-order chi connectivity index (χ1) is 18.4. The quantitative estimate of drug-likeness (QED) is 0.273. The smallest absolute Gasteiger partial charge is 0.253 e. The maximum absolute atomic E-state index is 13.2. The molecule has 4 aromatic rings. The van der Waals surface area contributed by atoms with Crippen LogP contribution in [-0.2, 0) is 16.6 Å². The number of fused-ring (bicyclic) bond motifs is 1. The van der Waals surface area contributed by atoms with Gasteiger partial charge in [-0.05, 0) is 54.3 Å². The number of thioether (sulfide) groups is 1. The third kappa shape index (κ3) is 5.58.